The van der Waals surface area contributed by atoms with Gasteiger partial charge in [0.25, 0.3) is 0 Å². The van der Waals surface area contributed by atoms with Gasteiger partial charge in [-0.3, -0.25) is 0 Å². The summed E-state index contributed by atoms with van der Waals surface area (Å²) in [6, 6.07) is 25.9. The second-order valence-electron chi connectivity index (χ2n) is 7.45. The van der Waals surface area contributed by atoms with Crippen LogP contribution in [0.4, 0.5) is 10.1 Å². The highest BCUT2D eigenvalue weighted by Gasteiger charge is 2.27. The van der Waals surface area contributed by atoms with E-state index in [4.69, 9.17) is 4.53 Å². The fourth-order valence-corrected chi connectivity index (χ4v) is 3.52. The Bertz CT molecular complexity index is 941. The van der Waals surface area contributed by atoms with Crippen molar-refractivity contribution < 1.29 is 8.92 Å². The van der Waals surface area contributed by atoms with E-state index in [2.05, 4.69) is 31.5 Å². The molecule has 2 nitrogen and oxygen atoms in total. The zero-order valence-corrected chi connectivity index (χ0v) is 17.4. The molecule has 1 unspecified atom stereocenters. The fourth-order valence-electron chi connectivity index (χ4n) is 2.72. The largest absolute Gasteiger partial charge is 0.319 e. The van der Waals surface area contributed by atoms with Crippen molar-refractivity contribution in [3.8, 4) is 11.8 Å². The first-order valence-corrected chi connectivity index (χ1v) is 12.7. The topological polar surface area (TPSA) is 12.5 Å². The summed E-state index contributed by atoms with van der Waals surface area (Å²) in [5.41, 5.74) is 2.73. The monoisotopic (exact) mass is 389 g/mol. The van der Waals surface area contributed by atoms with E-state index in [0.717, 1.165) is 16.8 Å². The number of anilines is 1. The molecule has 0 fully saturated rings. The van der Waals surface area contributed by atoms with Crippen LogP contribution in [-0.2, 0) is 4.53 Å². The minimum absolute atomic E-state index is 0.268. The van der Waals surface area contributed by atoms with Crippen LogP contribution in [0, 0.1) is 17.7 Å². The Balaban J connectivity index is 2.08. The molecule has 0 N–H and O–H groups in total. The Labute approximate surface area is 167 Å². The third kappa shape index (κ3) is 5.56. The predicted molar refractivity (Wildman–Crippen MR) is 116 cm³/mol. The lowest BCUT2D eigenvalue weighted by atomic mass is 10.1. The smallest absolute Gasteiger partial charge is 0.220 e. The Kier molecular flexibility index (Phi) is 6.30. The van der Waals surface area contributed by atoms with Crippen LogP contribution in [0.1, 0.15) is 17.2 Å². The standard InChI is InChI=1S/C24H24FNOSi/c1-28(2,3)27-26(23-12-8-5-9-13-23)24(21-15-17-22(25)18-16-21)19-14-20-10-6-4-7-11-20/h4-13,15-18,24H,1-3H3. The van der Waals surface area contributed by atoms with Crippen LogP contribution in [0.2, 0.25) is 19.6 Å². The summed E-state index contributed by atoms with van der Waals surface area (Å²) in [6.07, 6.45) is 0. The second kappa shape index (κ2) is 8.88. The number of nitrogens with zero attached hydrogens (tertiary/aromatic N) is 1. The maximum atomic E-state index is 13.5. The minimum Gasteiger partial charge on any atom is -0.319 e. The van der Waals surface area contributed by atoms with Crippen molar-refractivity contribution in [3.05, 3.63) is 102 Å². The van der Waals surface area contributed by atoms with Gasteiger partial charge in [-0.25, -0.2) is 9.45 Å². The van der Waals surface area contributed by atoms with Gasteiger partial charge >= 0.3 is 0 Å². The average molecular weight is 390 g/mol. The number of halogens is 1. The first-order valence-electron chi connectivity index (χ1n) is 9.28. The van der Waals surface area contributed by atoms with E-state index in [-0.39, 0.29) is 11.9 Å². The number of para-hydroxylation sites is 1. The quantitative estimate of drug-likeness (QED) is 0.293. The Morgan fingerprint density at radius 3 is 1.96 bits per heavy atom. The maximum Gasteiger partial charge on any atom is 0.220 e. The zero-order chi connectivity index (χ0) is 20.0. The second-order valence-corrected chi connectivity index (χ2v) is 11.9. The molecule has 0 heterocycles. The number of rotatable bonds is 5. The summed E-state index contributed by atoms with van der Waals surface area (Å²) >= 11 is 0. The highest BCUT2D eigenvalue weighted by molar-refractivity contribution is 6.69. The van der Waals surface area contributed by atoms with Crippen molar-refractivity contribution in [2.75, 3.05) is 5.06 Å². The van der Waals surface area contributed by atoms with Gasteiger partial charge in [-0.1, -0.05) is 60.4 Å². The summed E-state index contributed by atoms with van der Waals surface area (Å²) < 4.78 is 20.0. The molecule has 0 saturated heterocycles. The van der Waals surface area contributed by atoms with Gasteiger partial charge in [0.1, 0.15) is 11.9 Å². The van der Waals surface area contributed by atoms with E-state index in [1.165, 1.54) is 12.1 Å². The molecule has 0 amide bonds. The van der Waals surface area contributed by atoms with Crippen molar-refractivity contribution >= 4 is 14.0 Å². The molecule has 0 aromatic heterocycles. The van der Waals surface area contributed by atoms with Crippen LogP contribution in [0.5, 0.6) is 0 Å². The minimum atomic E-state index is -1.93. The van der Waals surface area contributed by atoms with E-state index >= 15 is 0 Å². The fraction of sp³-hybridized carbons (Fsp3) is 0.167. The van der Waals surface area contributed by atoms with Crippen LogP contribution >= 0.6 is 0 Å². The number of hydrogen-bond donors (Lipinski definition) is 0. The van der Waals surface area contributed by atoms with Gasteiger partial charge in [-0.05, 0) is 61.6 Å². The molecule has 0 aliphatic carbocycles. The van der Waals surface area contributed by atoms with E-state index in [1.54, 1.807) is 12.1 Å². The molecular weight excluding hydrogens is 365 g/mol. The average Bonchev–Trinajstić information content (AvgIpc) is 2.69. The van der Waals surface area contributed by atoms with Gasteiger partial charge in [0, 0.05) is 5.56 Å². The molecule has 0 aliphatic heterocycles. The maximum absolute atomic E-state index is 13.5. The summed E-state index contributed by atoms with van der Waals surface area (Å²) in [5.74, 6) is 6.32. The molecule has 0 saturated carbocycles. The number of hydrogen-bond acceptors (Lipinski definition) is 2. The van der Waals surface area contributed by atoms with Crippen LogP contribution in [0.25, 0.3) is 0 Å². The summed E-state index contributed by atoms with van der Waals surface area (Å²) in [7, 11) is -1.93. The molecule has 28 heavy (non-hydrogen) atoms. The van der Waals surface area contributed by atoms with Crippen LogP contribution in [-0.4, -0.2) is 8.32 Å². The lowest BCUT2D eigenvalue weighted by molar-refractivity contribution is 0.254. The third-order valence-corrected chi connectivity index (χ3v) is 4.67. The van der Waals surface area contributed by atoms with Crippen LogP contribution < -0.4 is 5.06 Å². The summed E-state index contributed by atoms with van der Waals surface area (Å²) in [4.78, 5) is 0. The molecular formula is C24H24FNOSi. The van der Waals surface area contributed by atoms with Gasteiger partial charge in [0.15, 0.2) is 0 Å². The van der Waals surface area contributed by atoms with Crippen molar-refractivity contribution in [3.63, 3.8) is 0 Å². The van der Waals surface area contributed by atoms with Gasteiger partial charge in [-0.2, -0.15) is 0 Å². The molecule has 4 heteroatoms. The highest BCUT2D eigenvalue weighted by atomic mass is 28.4. The first kappa shape index (κ1) is 19.9. The van der Waals surface area contributed by atoms with E-state index < -0.39 is 8.32 Å². The molecule has 0 bridgehead atoms. The predicted octanol–water partition coefficient (Wildman–Crippen LogP) is 6.19. The van der Waals surface area contributed by atoms with Gasteiger partial charge in [0.05, 0.1) is 5.69 Å². The van der Waals surface area contributed by atoms with Crippen LogP contribution in [0.3, 0.4) is 0 Å². The lowest BCUT2D eigenvalue weighted by Crippen LogP contribution is -2.39. The number of hydroxylamine groups is 1. The van der Waals surface area contributed by atoms with Gasteiger partial charge in [-0.15, -0.1) is 0 Å². The van der Waals surface area contributed by atoms with Crippen molar-refractivity contribution in [2.45, 2.75) is 25.7 Å². The SMILES string of the molecule is C[Si](C)(C)ON(c1ccccc1)C(C#Cc1ccccc1)c1ccc(F)cc1. The van der Waals surface area contributed by atoms with Gasteiger partial charge < -0.3 is 4.53 Å². The number of benzene rings is 3. The molecule has 3 aromatic rings. The van der Waals surface area contributed by atoms with E-state index in [0.29, 0.717) is 0 Å². The third-order valence-electron chi connectivity index (χ3n) is 3.93. The van der Waals surface area contributed by atoms with Gasteiger partial charge in [0.2, 0.25) is 8.32 Å². The molecule has 0 radical (unpaired) electrons. The molecule has 1 atom stereocenters. The molecule has 3 aromatic carbocycles. The van der Waals surface area contributed by atoms with Crippen LogP contribution in [0.15, 0.2) is 84.9 Å². The van der Waals surface area contributed by atoms with Crippen molar-refractivity contribution in [1.82, 2.24) is 0 Å². The molecule has 142 valence electrons. The normalized spacial score (nSPS) is 12.0. The molecule has 3 rings (SSSR count). The highest BCUT2D eigenvalue weighted by Crippen LogP contribution is 2.29. The van der Waals surface area contributed by atoms with Crippen molar-refractivity contribution in [1.29, 1.82) is 0 Å². The Hall–Kier alpha value is -2.87. The van der Waals surface area contributed by atoms with Crippen molar-refractivity contribution in [2.24, 2.45) is 0 Å². The van der Waals surface area contributed by atoms with E-state index in [1.807, 2.05) is 65.7 Å². The lowest BCUT2D eigenvalue weighted by Gasteiger charge is -2.35. The molecule has 0 aliphatic rings. The Morgan fingerprint density at radius 1 is 0.821 bits per heavy atom. The van der Waals surface area contributed by atoms with E-state index in [9.17, 15) is 4.39 Å². The summed E-state index contributed by atoms with van der Waals surface area (Å²) in [6.45, 7) is 6.40. The molecule has 0 spiro atoms. The summed E-state index contributed by atoms with van der Waals surface area (Å²) in [5, 5.41) is 1.87. The zero-order valence-electron chi connectivity index (χ0n) is 16.4. The first-order chi connectivity index (χ1) is 13.4. The Morgan fingerprint density at radius 2 is 1.39 bits per heavy atom.